The van der Waals surface area contributed by atoms with E-state index < -0.39 is 54.2 Å². The molecule has 1 aromatic carbocycles. The highest BCUT2D eigenvalue weighted by molar-refractivity contribution is 6.34. The normalized spacial score (nSPS) is 16.3. The zero-order valence-electron chi connectivity index (χ0n) is 12.6. The van der Waals surface area contributed by atoms with Crippen molar-refractivity contribution in [3.63, 3.8) is 0 Å². The molecule has 0 radical (unpaired) electrons. The summed E-state index contributed by atoms with van der Waals surface area (Å²) in [5.41, 5.74) is 0.946. The standard InChI is InChI=1S/C14H11ClF4N2O4/c1-25-20-13(24)7-4-10(9(16)5-8(7)15)21-11(22)2-6(3-12(21)23)14(17,18)19/h4-6H,2-3H2,1H3,(H,20,24). The van der Waals surface area contributed by atoms with E-state index in [1.54, 1.807) is 0 Å². The molecule has 6 nitrogen and oxygen atoms in total. The molecule has 0 bridgehead atoms. The first-order valence-corrected chi connectivity index (χ1v) is 7.19. The van der Waals surface area contributed by atoms with Crippen molar-refractivity contribution in [2.75, 3.05) is 12.0 Å². The maximum absolute atomic E-state index is 14.1. The van der Waals surface area contributed by atoms with Gasteiger partial charge in [-0.1, -0.05) is 11.6 Å². The highest BCUT2D eigenvalue weighted by atomic mass is 35.5. The van der Waals surface area contributed by atoms with Gasteiger partial charge in [0.25, 0.3) is 5.91 Å². The fraction of sp³-hybridized carbons (Fsp3) is 0.357. The number of carbonyl (C=O) groups is 3. The molecule has 1 N–H and O–H groups in total. The van der Waals surface area contributed by atoms with Gasteiger partial charge in [0.05, 0.1) is 29.3 Å². The molecule has 11 heteroatoms. The molecule has 0 aromatic heterocycles. The molecule has 0 atom stereocenters. The minimum Gasteiger partial charge on any atom is -0.277 e. The number of alkyl halides is 3. The second-order valence-corrected chi connectivity index (χ2v) is 5.60. The van der Waals surface area contributed by atoms with E-state index in [0.717, 1.165) is 13.2 Å². The quantitative estimate of drug-likeness (QED) is 0.495. The van der Waals surface area contributed by atoms with Gasteiger partial charge in [-0.15, -0.1) is 0 Å². The van der Waals surface area contributed by atoms with Gasteiger partial charge in [0.15, 0.2) is 0 Å². The smallest absolute Gasteiger partial charge is 0.277 e. The van der Waals surface area contributed by atoms with E-state index >= 15 is 0 Å². The highest BCUT2D eigenvalue weighted by Gasteiger charge is 2.48. The first kappa shape index (κ1) is 19.1. The number of hydroxylamine groups is 1. The largest absolute Gasteiger partial charge is 0.392 e. The monoisotopic (exact) mass is 382 g/mol. The van der Waals surface area contributed by atoms with Gasteiger partial charge >= 0.3 is 6.18 Å². The van der Waals surface area contributed by atoms with Crippen molar-refractivity contribution < 1.29 is 36.8 Å². The Hall–Kier alpha value is -2.20. The van der Waals surface area contributed by atoms with Crippen LogP contribution in [0.1, 0.15) is 23.2 Å². The van der Waals surface area contributed by atoms with Crippen LogP contribution in [0.5, 0.6) is 0 Å². The molecule has 0 saturated carbocycles. The van der Waals surface area contributed by atoms with Crippen LogP contribution in [-0.2, 0) is 14.4 Å². The summed E-state index contributed by atoms with van der Waals surface area (Å²) < 4.78 is 52.3. The van der Waals surface area contributed by atoms with Crippen LogP contribution >= 0.6 is 11.6 Å². The molecular formula is C14H11ClF4N2O4. The highest BCUT2D eigenvalue weighted by Crippen LogP contribution is 2.38. The molecule has 3 amide bonds. The predicted molar refractivity (Wildman–Crippen MR) is 77.2 cm³/mol. The summed E-state index contributed by atoms with van der Waals surface area (Å²) >= 11 is 5.73. The number of nitrogens with zero attached hydrogens (tertiary/aromatic N) is 1. The summed E-state index contributed by atoms with van der Waals surface area (Å²) in [5, 5.41) is -0.333. The van der Waals surface area contributed by atoms with Crippen molar-refractivity contribution in [3.05, 3.63) is 28.5 Å². The van der Waals surface area contributed by atoms with E-state index in [1.165, 1.54) is 0 Å². The van der Waals surface area contributed by atoms with E-state index in [4.69, 9.17) is 11.6 Å². The number of carbonyl (C=O) groups excluding carboxylic acids is 3. The molecule has 0 aliphatic carbocycles. The third-order valence-corrected chi connectivity index (χ3v) is 3.83. The molecule has 0 spiro atoms. The Kier molecular flexibility index (Phi) is 5.33. The Labute approximate surface area is 143 Å². The molecule has 0 unspecified atom stereocenters. The summed E-state index contributed by atoms with van der Waals surface area (Å²) in [5.74, 6) is -6.60. The van der Waals surface area contributed by atoms with Crippen LogP contribution in [0.4, 0.5) is 23.2 Å². The molecule has 1 aromatic rings. The van der Waals surface area contributed by atoms with E-state index in [0.29, 0.717) is 6.07 Å². The summed E-state index contributed by atoms with van der Waals surface area (Å²) in [6.07, 6.45) is -6.73. The van der Waals surface area contributed by atoms with Gasteiger partial charge in [0.2, 0.25) is 11.8 Å². The van der Waals surface area contributed by atoms with Crippen molar-refractivity contribution in [3.8, 4) is 0 Å². The summed E-state index contributed by atoms with van der Waals surface area (Å²) in [7, 11) is 1.13. The fourth-order valence-electron chi connectivity index (χ4n) is 2.35. The van der Waals surface area contributed by atoms with E-state index in [2.05, 4.69) is 4.84 Å². The van der Waals surface area contributed by atoms with E-state index in [1.807, 2.05) is 5.48 Å². The Balaban J connectivity index is 2.41. The van der Waals surface area contributed by atoms with Gasteiger partial charge in [-0.05, 0) is 12.1 Å². The van der Waals surface area contributed by atoms with Gasteiger partial charge < -0.3 is 0 Å². The second kappa shape index (κ2) is 6.96. The SMILES string of the molecule is CONC(=O)c1cc(N2C(=O)CC(C(F)(F)F)CC2=O)c(F)cc1Cl. The van der Waals surface area contributed by atoms with Crippen LogP contribution in [0, 0.1) is 11.7 Å². The van der Waals surface area contributed by atoms with Crippen LogP contribution in [0.3, 0.4) is 0 Å². The number of rotatable bonds is 3. The lowest BCUT2D eigenvalue weighted by Gasteiger charge is -2.31. The number of piperidine rings is 1. The Morgan fingerprint density at radius 3 is 2.32 bits per heavy atom. The molecule has 25 heavy (non-hydrogen) atoms. The number of hydrogen-bond donors (Lipinski definition) is 1. The molecule has 1 aliphatic rings. The van der Waals surface area contributed by atoms with Crippen LogP contribution in [0.25, 0.3) is 0 Å². The number of nitrogens with one attached hydrogen (secondary N) is 1. The van der Waals surface area contributed by atoms with E-state index in [-0.39, 0.29) is 15.5 Å². The number of halogens is 5. The second-order valence-electron chi connectivity index (χ2n) is 5.19. The maximum atomic E-state index is 14.1. The molecule has 1 heterocycles. The third-order valence-electron chi connectivity index (χ3n) is 3.52. The third kappa shape index (κ3) is 3.90. The van der Waals surface area contributed by atoms with Crippen LogP contribution < -0.4 is 10.4 Å². The van der Waals surface area contributed by atoms with Gasteiger partial charge in [-0.3, -0.25) is 19.2 Å². The average Bonchev–Trinajstić information content (AvgIpc) is 2.47. The number of imide groups is 1. The minimum atomic E-state index is -4.72. The number of hydrogen-bond acceptors (Lipinski definition) is 4. The zero-order chi connectivity index (χ0) is 18.9. The molecule has 1 fully saturated rings. The summed E-state index contributed by atoms with van der Waals surface area (Å²) in [6, 6.07) is 1.48. The van der Waals surface area contributed by atoms with Crippen LogP contribution in [0.15, 0.2) is 12.1 Å². The average molecular weight is 383 g/mol. The van der Waals surface area contributed by atoms with Gasteiger partial charge in [0.1, 0.15) is 5.82 Å². The maximum Gasteiger partial charge on any atom is 0.392 e. The van der Waals surface area contributed by atoms with Crippen LogP contribution in [-0.4, -0.2) is 31.0 Å². The van der Waals surface area contributed by atoms with Crippen molar-refractivity contribution >= 4 is 35.0 Å². The number of amides is 3. The number of benzene rings is 1. The summed E-state index contributed by atoms with van der Waals surface area (Å²) in [6.45, 7) is 0. The predicted octanol–water partition coefficient (Wildman–Crippen LogP) is 2.60. The topological polar surface area (TPSA) is 75.7 Å². The fourth-order valence-corrected chi connectivity index (χ4v) is 2.58. The number of anilines is 1. The van der Waals surface area contributed by atoms with Crippen molar-refractivity contribution in [2.45, 2.75) is 19.0 Å². The lowest BCUT2D eigenvalue weighted by Crippen LogP contribution is -2.47. The molecule has 136 valence electrons. The van der Waals surface area contributed by atoms with Crippen LogP contribution in [0.2, 0.25) is 5.02 Å². The lowest BCUT2D eigenvalue weighted by atomic mass is 9.94. The van der Waals surface area contributed by atoms with E-state index in [9.17, 15) is 31.9 Å². The van der Waals surface area contributed by atoms with Crippen molar-refractivity contribution in [2.24, 2.45) is 5.92 Å². The van der Waals surface area contributed by atoms with Gasteiger partial charge in [-0.25, -0.2) is 14.8 Å². The minimum absolute atomic E-state index is 0.289. The van der Waals surface area contributed by atoms with Gasteiger partial charge in [0, 0.05) is 12.8 Å². The molecule has 2 rings (SSSR count). The molecular weight excluding hydrogens is 372 g/mol. The Morgan fingerprint density at radius 2 is 1.84 bits per heavy atom. The summed E-state index contributed by atoms with van der Waals surface area (Å²) in [4.78, 5) is 40.4. The van der Waals surface area contributed by atoms with Gasteiger partial charge in [-0.2, -0.15) is 13.2 Å². The first-order chi connectivity index (χ1) is 11.6. The first-order valence-electron chi connectivity index (χ1n) is 6.81. The zero-order valence-corrected chi connectivity index (χ0v) is 13.4. The Bertz CT molecular complexity index is 720. The van der Waals surface area contributed by atoms with Crippen molar-refractivity contribution in [1.29, 1.82) is 0 Å². The molecule has 1 saturated heterocycles. The van der Waals surface area contributed by atoms with Crippen molar-refractivity contribution in [1.82, 2.24) is 5.48 Å². The Morgan fingerprint density at radius 1 is 1.28 bits per heavy atom. The molecule has 1 aliphatic heterocycles. The lowest BCUT2D eigenvalue weighted by molar-refractivity contribution is -0.185.